The van der Waals surface area contributed by atoms with E-state index in [1.165, 1.54) is 36.9 Å². The fraction of sp³-hybridized carbons (Fsp3) is 0.600. The maximum absolute atomic E-state index is 9.24. The lowest BCUT2D eigenvalue weighted by atomic mass is 9.80. The first kappa shape index (κ1) is 11.5. The van der Waals surface area contributed by atoms with Gasteiger partial charge in [0.2, 0.25) is 0 Å². The molecule has 0 bridgehead atoms. The van der Waals surface area contributed by atoms with Gasteiger partial charge in [0.1, 0.15) is 11.9 Å². The highest BCUT2D eigenvalue weighted by molar-refractivity contribution is 5.55. The van der Waals surface area contributed by atoms with Gasteiger partial charge >= 0.3 is 0 Å². The molecule has 1 aromatic rings. The number of hydrogen-bond acceptors (Lipinski definition) is 3. The van der Waals surface area contributed by atoms with Crippen LogP contribution < -0.4 is 5.32 Å². The van der Waals surface area contributed by atoms with Crippen LogP contribution in [0.3, 0.4) is 0 Å². The number of nitrogens with zero attached hydrogens (tertiary/aromatic N) is 2. The Kier molecular flexibility index (Phi) is 2.95. The normalized spacial score (nSPS) is 19.8. The van der Waals surface area contributed by atoms with E-state index in [4.69, 9.17) is 0 Å². The zero-order valence-corrected chi connectivity index (χ0v) is 10.9. The molecule has 1 aromatic heterocycles. The molecule has 1 heterocycles. The number of hydrogen-bond donors (Lipinski definition) is 1. The molecule has 1 atom stereocenters. The van der Waals surface area contributed by atoms with Crippen molar-refractivity contribution in [2.24, 2.45) is 5.92 Å². The van der Waals surface area contributed by atoms with Crippen molar-refractivity contribution in [2.45, 2.75) is 51.5 Å². The standard InChI is InChI=1S/C15H19N3/c1-10(11-4-2-5-11)17-15-13(9-16)8-12-6-3-7-14(12)18-15/h8,10-11H,2-7H2,1H3,(H,17,18). The van der Waals surface area contributed by atoms with Gasteiger partial charge in [0.05, 0.1) is 5.56 Å². The van der Waals surface area contributed by atoms with E-state index in [0.29, 0.717) is 11.6 Å². The number of rotatable bonds is 3. The minimum absolute atomic E-state index is 0.429. The van der Waals surface area contributed by atoms with Crippen molar-refractivity contribution < 1.29 is 0 Å². The number of aryl methyl sites for hydroxylation is 2. The smallest absolute Gasteiger partial charge is 0.144 e. The Bertz CT molecular complexity index is 497. The summed E-state index contributed by atoms with van der Waals surface area (Å²) in [6, 6.07) is 4.74. The first-order chi connectivity index (χ1) is 8.78. The SMILES string of the molecule is CC(Nc1nc2c(cc1C#N)CCC2)C1CCC1. The topological polar surface area (TPSA) is 48.7 Å². The van der Waals surface area contributed by atoms with Gasteiger partial charge in [0, 0.05) is 11.7 Å². The maximum atomic E-state index is 9.24. The Morgan fingerprint density at radius 3 is 2.89 bits per heavy atom. The van der Waals surface area contributed by atoms with Crippen LogP contribution >= 0.6 is 0 Å². The molecular formula is C15H19N3. The molecule has 1 saturated carbocycles. The molecule has 3 rings (SSSR count). The maximum Gasteiger partial charge on any atom is 0.144 e. The van der Waals surface area contributed by atoms with Crippen molar-refractivity contribution in [3.8, 4) is 6.07 Å². The van der Waals surface area contributed by atoms with E-state index in [-0.39, 0.29) is 0 Å². The zero-order valence-electron chi connectivity index (χ0n) is 10.9. The Balaban J connectivity index is 1.84. The van der Waals surface area contributed by atoms with Gasteiger partial charge in [-0.15, -0.1) is 0 Å². The average molecular weight is 241 g/mol. The Labute approximate surface area is 108 Å². The molecule has 2 aliphatic rings. The second kappa shape index (κ2) is 4.61. The van der Waals surface area contributed by atoms with Crippen molar-refractivity contribution in [2.75, 3.05) is 5.32 Å². The molecule has 3 nitrogen and oxygen atoms in total. The minimum Gasteiger partial charge on any atom is -0.366 e. The van der Waals surface area contributed by atoms with Crippen molar-refractivity contribution in [3.63, 3.8) is 0 Å². The van der Waals surface area contributed by atoms with Gasteiger partial charge in [-0.05, 0) is 56.6 Å². The summed E-state index contributed by atoms with van der Waals surface area (Å²) in [4.78, 5) is 4.67. The lowest BCUT2D eigenvalue weighted by Crippen LogP contribution is -2.31. The highest BCUT2D eigenvalue weighted by atomic mass is 15.0. The summed E-state index contributed by atoms with van der Waals surface area (Å²) in [7, 11) is 0. The Hall–Kier alpha value is -1.56. The second-order valence-electron chi connectivity index (χ2n) is 5.58. The van der Waals surface area contributed by atoms with Crippen LogP contribution in [0, 0.1) is 17.2 Å². The second-order valence-corrected chi connectivity index (χ2v) is 5.58. The highest BCUT2D eigenvalue weighted by Crippen LogP contribution is 2.32. The van der Waals surface area contributed by atoms with E-state index >= 15 is 0 Å². The van der Waals surface area contributed by atoms with Crippen LogP contribution in [0.4, 0.5) is 5.82 Å². The number of aromatic nitrogens is 1. The Morgan fingerprint density at radius 1 is 1.39 bits per heavy atom. The third kappa shape index (κ3) is 1.96. The number of nitriles is 1. The number of fused-ring (bicyclic) bond motifs is 1. The van der Waals surface area contributed by atoms with Crippen LogP contribution in [-0.4, -0.2) is 11.0 Å². The van der Waals surface area contributed by atoms with Crippen LogP contribution in [0.5, 0.6) is 0 Å². The van der Waals surface area contributed by atoms with Gasteiger partial charge in [0.15, 0.2) is 0 Å². The largest absolute Gasteiger partial charge is 0.366 e. The monoisotopic (exact) mass is 241 g/mol. The molecule has 0 aliphatic heterocycles. The van der Waals surface area contributed by atoms with Crippen molar-refractivity contribution in [1.82, 2.24) is 4.98 Å². The van der Waals surface area contributed by atoms with Crippen LogP contribution in [0.1, 0.15) is 49.4 Å². The molecule has 0 aromatic carbocycles. The fourth-order valence-corrected chi connectivity index (χ4v) is 2.94. The van der Waals surface area contributed by atoms with E-state index in [1.807, 2.05) is 6.07 Å². The molecule has 0 amide bonds. The van der Waals surface area contributed by atoms with Gasteiger partial charge in [-0.1, -0.05) is 6.42 Å². The first-order valence-electron chi connectivity index (χ1n) is 6.97. The van der Waals surface area contributed by atoms with Crippen LogP contribution in [0.2, 0.25) is 0 Å². The summed E-state index contributed by atoms with van der Waals surface area (Å²) in [6.45, 7) is 2.21. The third-order valence-corrected chi connectivity index (χ3v) is 4.39. The number of nitrogens with one attached hydrogen (secondary N) is 1. The van der Waals surface area contributed by atoms with E-state index < -0.39 is 0 Å². The lowest BCUT2D eigenvalue weighted by Gasteiger charge is -2.32. The predicted molar refractivity (Wildman–Crippen MR) is 71.4 cm³/mol. The average Bonchev–Trinajstić information content (AvgIpc) is 2.72. The summed E-state index contributed by atoms with van der Waals surface area (Å²) in [5.41, 5.74) is 3.17. The zero-order chi connectivity index (χ0) is 12.5. The van der Waals surface area contributed by atoms with E-state index in [9.17, 15) is 5.26 Å². The van der Waals surface area contributed by atoms with Gasteiger partial charge in [-0.2, -0.15) is 5.26 Å². The van der Waals surface area contributed by atoms with E-state index in [1.54, 1.807) is 0 Å². The summed E-state index contributed by atoms with van der Waals surface area (Å²) in [5, 5.41) is 12.7. The van der Waals surface area contributed by atoms with Gasteiger partial charge in [-0.3, -0.25) is 0 Å². The van der Waals surface area contributed by atoms with Crippen LogP contribution in [0.15, 0.2) is 6.07 Å². The fourth-order valence-electron chi connectivity index (χ4n) is 2.94. The van der Waals surface area contributed by atoms with Gasteiger partial charge < -0.3 is 5.32 Å². The van der Waals surface area contributed by atoms with E-state index in [2.05, 4.69) is 23.3 Å². The Morgan fingerprint density at radius 2 is 2.22 bits per heavy atom. The van der Waals surface area contributed by atoms with Crippen molar-refractivity contribution in [3.05, 3.63) is 22.9 Å². The molecule has 1 N–H and O–H groups in total. The van der Waals surface area contributed by atoms with Crippen LogP contribution in [0.25, 0.3) is 0 Å². The molecule has 1 unspecified atom stereocenters. The molecular weight excluding hydrogens is 222 g/mol. The molecule has 0 saturated heterocycles. The lowest BCUT2D eigenvalue weighted by molar-refractivity contribution is 0.285. The summed E-state index contributed by atoms with van der Waals surface area (Å²) in [5.74, 6) is 1.56. The number of pyridine rings is 1. The summed E-state index contributed by atoms with van der Waals surface area (Å²) in [6.07, 6.45) is 7.28. The molecule has 18 heavy (non-hydrogen) atoms. The molecule has 0 radical (unpaired) electrons. The molecule has 1 fully saturated rings. The summed E-state index contributed by atoms with van der Waals surface area (Å²) >= 11 is 0. The predicted octanol–water partition coefficient (Wildman–Crippen LogP) is 3.04. The minimum atomic E-state index is 0.429. The van der Waals surface area contributed by atoms with Crippen molar-refractivity contribution >= 4 is 5.82 Å². The number of anilines is 1. The van der Waals surface area contributed by atoms with Gasteiger partial charge in [-0.25, -0.2) is 4.98 Å². The molecule has 2 aliphatic carbocycles. The highest BCUT2D eigenvalue weighted by Gasteiger charge is 2.25. The quantitative estimate of drug-likeness (QED) is 0.884. The third-order valence-electron chi connectivity index (χ3n) is 4.39. The molecule has 3 heteroatoms. The summed E-state index contributed by atoms with van der Waals surface area (Å²) < 4.78 is 0. The molecule has 0 spiro atoms. The molecule has 94 valence electrons. The van der Waals surface area contributed by atoms with Crippen LogP contribution in [-0.2, 0) is 12.8 Å². The first-order valence-corrected chi connectivity index (χ1v) is 6.97. The van der Waals surface area contributed by atoms with E-state index in [0.717, 1.165) is 24.6 Å². The van der Waals surface area contributed by atoms with Crippen molar-refractivity contribution in [1.29, 1.82) is 5.26 Å². The van der Waals surface area contributed by atoms with Gasteiger partial charge in [0.25, 0.3) is 0 Å².